The van der Waals surface area contributed by atoms with E-state index in [1.54, 1.807) is 0 Å². The molecular formula is H6CaCuOPbSrTl. The van der Waals surface area contributed by atoms with E-state index in [9.17, 15) is 0 Å². The average molecular weight is 625 g/mol. The largest absolute Gasteiger partial charge is 0 e. The van der Waals surface area contributed by atoms with E-state index in [1.165, 1.54) is 0 Å². The molecule has 0 rings (SSSR count). The van der Waals surface area contributed by atoms with Gasteiger partial charge in [-0.15, -0.1) is 0 Å². The maximum Gasteiger partial charge on any atom is 0 e. The summed E-state index contributed by atoms with van der Waals surface area (Å²) in [6, 6.07) is 0. The molecular weight excluding hydrogens is 619 g/mol. The summed E-state index contributed by atoms with van der Waals surface area (Å²) < 4.78 is 7.81. The predicted octanol–water partition coefficient (Wildman–Crippen LogP) is -3.25. The van der Waals surface area contributed by atoms with Crippen LogP contribution in [0.25, 0.3) is 0 Å². The summed E-state index contributed by atoms with van der Waals surface area (Å²) in [4.78, 5) is 0. The summed E-state index contributed by atoms with van der Waals surface area (Å²) in [5, 5.41) is 0. The second kappa shape index (κ2) is 32.7. The maximum absolute atomic E-state index is 7.81. The van der Waals surface area contributed by atoms with E-state index in [1.807, 2.05) is 0 Å². The molecule has 0 aliphatic heterocycles. The van der Waals surface area contributed by atoms with Crippen LogP contribution < -0.4 is 0 Å². The molecule has 0 aromatic rings. The van der Waals surface area contributed by atoms with Crippen molar-refractivity contribution in [3.8, 4) is 0 Å². The van der Waals surface area contributed by atoms with Crippen LogP contribution in [0.4, 0.5) is 0 Å². The molecule has 0 fully saturated rings. The molecule has 0 atom stereocenters. The Kier molecular flexibility index (Phi) is 167. The predicted molar refractivity (Wildman–Crippen MR) is 32.1 cm³/mol. The zero-order valence-electron chi connectivity index (χ0n) is 1.99. The smallest absolute Gasteiger partial charge is 0 e. The third-order valence-corrected chi connectivity index (χ3v) is 0. The first kappa shape index (κ1) is 30.7. The van der Waals surface area contributed by atoms with Crippen molar-refractivity contribution in [2.75, 3.05) is 0 Å². The molecule has 0 aromatic heterocycles. The van der Waals surface area contributed by atoms with Crippen LogP contribution in [0, 0.1) is 0 Å². The van der Waals surface area contributed by atoms with Crippen molar-refractivity contribution < 1.29 is 19.8 Å². The molecule has 0 amide bonds. The van der Waals surface area contributed by atoms with E-state index >= 15 is 0 Å². The van der Waals surface area contributed by atoms with Gasteiger partial charge in [0.15, 0.2) is 0 Å². The normalized spacial score (nSPS) is 1.00. The summed E-state index contributed by atoms with van der Waals surface area (Å²) >= 11 is 2.94. The standard InChI is InChI=1S/Ca.Cu.O.Pb.Sr.Tl.6H. The Labute approximate surface area is 153 Å². The van der Waals surface area contributed by atoms with Crippen molar-refractivity contribution in [3.05, 3.63) is 0 Å². The summed E-state index contributed by atoms with van der Waals surface area (Å²) in [7, 11) is 0. The van der Waals surface area contributed by atoms with Gasteiger partial charge in [-0.25, -0.2) is 0 Å². The zero-order valence-corrected chi connectivity index (χ0v) is 12.9. The molecule has 0 N–H and O–H groups in total. The van der Waals surface area contributed by atoms with Gasteiger partial charge in [0.2, 0.25) is 0 Å². The second-order valence-electron chi connectivity index (χ2n) is 0. The molecule has 0 unspecified atom stereocenters. The summed E-state index contributed by atoms with van der Waals surface area (Å²) in [5.74, 6) is 0. The third-order valence-electron chi connectivity index (χ3n) is 0. The van der Waals surface area contributed by atoms with Crippen LogP contribution in [-0.2, 0) is 19.8 Å². The minimum absolute atomic E-state index is 0. The van der Waals surface area contributed by atoms with Crippen LogP contribution >= 0.6 is 0 Å². The van der Waals surface area contributed by atoms with Crippen LogP contribution in [0.5, 0.6) is 0 Å². The van der Waals surface area contributed by atoms with E-state index in [2.05, 4.69) is 15.9 Å². The topological polar surface area (TPSA) is 17.1 Å². The van der Waals surface area contributed by atoms with Crippen LogP contribution in [0.1, 0.15) is 0 Å². The van der Waals surface area contributed by atoms with E-state index in [0.29, 0.717) is 0 Å². The first-order chi connectivity index (χ1) is 1.00. The molecule has 34 valence electrons. The Balaban J connectivity index is -0.000000000833. The summed E-state index contributed by atoms with van der Waals surface area (Å²) in [6.45, 7) is 0. The van der Waals surface area contributed by atoms with Crippen molar-refractivity contribution in [2.24, 2.45) is 0 Å². The van der Waals surface area contributed by atoms with Crippen LogP contribution in [0.2, 0.25) is 0 Å². The van der Waals surface area contributed by atoms with Gasteiger partial charge in [-0.05, 0) is 0 Å². The van der Waals surface area contributed by atoms with Crippen LogP contribution in [0.3, 0.4) is 0 Å². The molecule has 3 radical (unpaired) electrons. The Morgan fingerprint density at radius 1 is 1.17 bits per heavy atom. The van der Waals surface area contributed by atoms with Gasteiger partial charge in [-0.2, -0.15) is 0 Å². The molecule has 0 heterocycles. The number of rotatable bonds is 0. The van der Waals surface area contributed by atoms with Crippen molar-refractivity contribution in [1.82, 2.24) is 0 Å². The molecule has 0 aromatic carbocycles. The molecule has 0 bridgehead atoms. The fourth-order valence-electron chi connectivity index (χ4n) is 0. The minimum Gasteiger partial charge on any atom is 0 e. The maximum atomic E-state index is 7.81. The third kappa shape index (κ3) is 23.1. The molecule has 0 aliphatic carbocycles. The Bertz CT molecular complexity index is 15.5. The SMILES string of the molecule is [CaH2].[O]=[Cu].[PbH2].[SrH2].[Tl]. The van der Waals surface area contributed by atoms with Gasteiger partial charge < -0.3 is 0 Å². The van der Waals surface area contributed by atoms with Gasteiger partial charge in [0.25, 0.3) is 0 Å². The van der Waals surface area contributed by atoms with Crippen molar-refractivity contribution in [3.63, 3.8) is 0 Å². The van der Waals surface area contributed by atoms with E-state index in [0.717, 1.165) is 0 Å². The Morgan fingerprint density at radius 3 is 1.17 bits per heavy atom. The van der Waals surface area contributed by atoms with E-state index in [-0.39, 0.29) is 138 Å². The minimum atomic E-state index is 0. The van der Waals surface area contributed by atoms with Gasteiger partial charge in [-0.1, -0.05) is 0 Å². The fourth-order valence-corrected chi connectivity index (χ4v) is 0. The van der Waals surface area contributed by atoms with Crippen molar-refractivity contribution in [1.29, 1.82) is 0 Å². The molecule has 1 nitrogen and oxygen atoms in total. The molecule has 0 spiro atoms. The molecule has 0 aliphatic rings. The van der Waals surface area contributed by atoms with Crippen molar-refractivity contribution >= 4 is 138 Å². The van der Waals surface area contributed by atoms with Crippen LogP contribution in [0.15, 0.2) is 0 Å². The van der Waals surface area contributed by atoms with Gasteiger partial charge in [0.05, 0.1) is 0 Å². The van der Waals surface area contributed by atoms with Gasteiger partial charge in [0.1, 0.15) is 0 Å². The summed E-state index contributed by atoms with van der Waals surface area (Å²) in [5.41, 5.74) is 0. The number of hydrogen-bond acceptors (Lipinski definition) is 1. The van der Waals surface area contributed by atoms with E-state index < -0.39 is 0 Å². The van der Waals surface area contributed by atoms with Gasteiger partial charge >= 0.3 is 130 Å². The summed E-state index contributed by atoms with van der Waals surface area (Å²) in [6.07, 6.45) is 0. The first-order valence-electron chi connectivity index (χ1n) is 0.123. The van der Waals surface area contributed by atoms with E-state index in [4.69, 9.17) is 3.83 Å². The molecule has 0 saturated heterocycles. The Hall–Kier alpha value is 4.90. The fraction of sp³-hybridized carbons (Fsp3) is 0. The first-order valence-corrected chi connectivity index (χ1v) is 0.508. The van der Waals surface area contributed by atoms with Crippen LogP contribution in [-0.4, -0.2) is 138 Å². The molecule has 0 saturated carbocycles. The number of hydrogen-bond donors (Lipinski definition) is 0. The zero-order chi connectivity index (χ0) is 2.00. The second-order valence-corrected chi connectivity index (χ2v) is 0. The Morgan fingerprint density at radius 2 is 1.17 bits per heavy atom. The quantitative estimate of drug-likeness (QED) is 0.259. The molecule has 6 heteroatoms. The molecule has 6 heavy (non-hydrogen) atoms. The monoisotopic (exact) mass is 626 g/mol. The van der Waals surface area contributed by atoms with Gasteiger partial charge in [0, 0.05) is 27.3 Å². The average Bonchev–Trinajstić information content (AvgIpc) is 1.00. The van der Waals surface area contributed by atoms with Gasteiger partial charge in [-0.3, -0.25) is 0 Å². The van der Waals surface area contributed by atoms with Crippen molar-refractivity contribution in [2.45, 2.75) is 0 Å².